The van der Waals surface area contributed by atoms with Crippen molar-refractivity contribution in [3.05, 3.63) is 28.6 Å². The molecule has 25 heavy (non-hydrogen) atoms. The Bertz CT molecular complexity index is 614. The van der Waals surface area contributed by atoms with Gasteiger partial charge in [0.1, 0.15) is 0 Å². The number of halogens is 3. The van der Waals surface area contributed by atoms with Crippen molar-refractivity contribution in [1.82, 2.24) is 9.91 Å². The Balaban J connectivity index is 2.00. The molecule has 1 saturated heterocycles. The van der Waals surface area contributed by atoms with Gasteiger partial charge >= 0.3 is 6.18 Å². The topological polar surface area (TPSA) is 71.2 Å². The number of nitrogens with zero attached hydrogens (tertiary/aromatic N) is 4. The van der Waals surface area contributed by atoms with Gasteiger partial charge in [0.05, 0.1) is 18.1 Å². The van der Waals surface area contributed by atoms with Gasteiger partial charge < -0.3 is 14.9 Å². The van der Waals surface area contributed by atoms with Crippen LogP contribution in [0.2, 0.25) is 0 Å². The predicted molar refractivity (Wildman–Crippen MR) is 81.6 cm³/mol. The van der Waals surface area contributed by atoms with Crippen molar-refractivity contribution in [3.63, 3.8) is 0 Å². The first-order valence-corrected chi connectivity index (χ1v) is 7.96. The van der Waals surface area contributed by atoms with E-state index in [4.69, 9.17) is 4.84 Å². The van der Waals surface area contributed by atoms with Gasteiger partial charge in [0.15, 0.2) is 0 Å². The van der Waals surface area contributed by atoms with Crippen LogP contribution < -0.4 is 0 Å². The Morgan fingerprint density at radius 2 is 2.08 bits per heavy atom. The molecule has 0 aromatic heterocycles. The fraction of sp³-hybridized carbons (Fsp3) is 0.667. The molecule has 1 heterocycles. The molecular weight excluding hydrogens is 341 g/mol. The van der Waals surface area contributed by atoms with Gasteiger partial charge in [-0.2, -0.15) is 13.2 Å². The smallest absolute Gasteiger partial charge is 0.412 e. The van der Waals surface area contributed by atoms with Crippen molar-refractivity contribution < 1.29 is 27.8 Å². The molecule has 0 aromatic rings. The molecule has 2 aliphatic rings. The summed E-state index contributed by atoms with van der Waals surface area (Å²) in [6.45, 7) is 3.90. The van der Waals surface area contributed by atoms with Gasteiger partial charge in [-0.15, -0.1) is 5.01 Å². The summed E-state index contributed by atoms with van der Waals surface area (Å²) in [4.78, 5) is 19.0. The molecule has 0 radical (unpaired) electrons. The van der Waals surface area contributed by atoms with E-state index in [9.17, 15) is 23.2 Å². The van der Waals surface area contributed by atoms with E-state index in [2.05, 4.69) is 5.28 Å². The molecular formula is C15H21F3N4O3. The predicted octanol–water partition coefficient (Wildman–Crippen LogP) is 2.90. The molecule has 2 rings (SSSR count). The Kier molecular flexibility index (Phi) is 5.58. The van der Waals surface area contributed by atoms with Gasteiger partial charge in [0, 0.05) is 24.2 Å². The van der Waals surface area contributed by atoms with E-state index in [1.807, 2.05) is 0 Å². The number of amides is 1. The summed E-state index contributed by atoms with van der Waals surface area (Å²) in [7, 11) is 1.53. The van der Waals surface area contributed by atoms with E-state index in [0.29, 0.717) is 18.7 Å². The number of allylic oxidation sites excluding steroid dienone is 4. The van der Waals surface area contributed by atoms with Gasteiger partial charge in [0.25, 0.3) is 5.91 Å². The lowest BCUT2D eigenvalue weighted by molar-refractivity contribution is -0.712. The largest absolute Gasteiger partial charge is 0.569 e. The average molecular weight is 362 g/mol. The Hall–Kier alpha value is -2.26. The van der Waals surface area contributed by atoms with Crippen LogP contribution in [0.1, 0.15) is 33.1 Å². The first kappa shape index (κ1) is 19.1. The summed E-state index contributed by atoms with van der Waals surface area (Å²) < 4.78 is 37.9. The van der Waals surface area contributed by atoms with Crippen LogP contribution in [-0.4, -0.2) is 52.7 Å². The number of hydrogen-bond donors (Lipinski definition) is 0. The van der Waals surface area contributed by atoms with E-state index < -0.39 is 23.8 Å². The molecule has 1 atom stereocenters. The fourth-order valence-corrected chi connectivity index (χ4v) is 2.48. The number of alkyl halides is 3. The number of hydrogen-bond acceptors (Lipinski definition) is 4. The summed E-state index contributed by atoms with van der Waals surface area (Å²) in [5.41, 5.74) is -0.0909. The van der Waals surface area contributed by atoms with Gasteiger partial charge in [-0.25, -0.2) is 0 Å². The Morgan fingerprint density at radius 3 is 2.60 bits per heavy atom. The van der Waals surface area contributed by atoms with E-state index in [1.165, 1.54) is 23.0 Å². The highest BCUT2D eigenvalue weighted by Crippen LogP contribution is 2.34. The number of rotatable bonds is 5. The summed E-state index contributed by atoms with van der Waals surface area (Å²) in [6.07, 6.45) is -2.66. The number of hydrazine groups is 1. The number of likely N-dealkylation sites (tertiary alicyclic amines) is 1. The highest BCUT2D eigenvalue weighted by molar-refractivity contribution is 5.84. The normalized spacial score (nSPS) is 22.2. The maximum absolute atomic E-state index is 12.6. The van der Waals surface area contributed by atoms with Crippen molar-refractivity contribution in [2.24, 2.45) is 5.28 Å². The maximum Gasteiger partial charge on any atom is 0.412 e. The lowest BCUT2D eigenvalue weighted by atomic mass is 10.0. The van der Waals surface area contributed by atoms with Crippen LogP contribution >= 0.6 is 0 Å². The van der Waals surface area contributed by atoms with Crippen molar-refractivity contribution in [3.8, 4) is 0 Å². The Morgan fingerprint density at radius 1 is 1.40 bits per heavy atom. The zero-order valence-corrected chi connectivity index (χ0v) is 14.3. The molecule has 1 aliphatic heterocycles. The van der Waals surface area contributed by atoms with Gasteiger partial charge in [0.2, 0.25) is 11.4 Å². The number of carbonyl (C=O) groups excluding carboxylic acids is 1. The second kappa shape index (κ2) is 7.32. The number of carbonyl (C=O) groups is 1. The van der Waals surface area contributed by atoms with E-state index >= 15 is 0 Å². The molecule has 140 valence electrons. The van der Waals surface area contributed by atoms with Crippen LogP contribution in [0.5, 0.6) is 0 Å². The standard InChI is InChI=1S/C15H21F3N4O3/c1-10(2)20(3)22(24)19-25-13-8-9-21(14(13)23)12-6-4-11(5-7-12)15(16,17)18/h4,6,10,13H,5,7-9H2,1-3H3/b22-19-/t13-/m1/s1. The van der Waals surface area contributed by atoms with Crippen LogP contribution in [0, 0.1) is 5.21 Å². The van der Waals surface area contributed by atoms with Crippen LogP contribution in [-0.2, 0) is 9.63 Å². The second-order valence-corrected chi connectivity index (χ2v) is 6.22. The molecule has 7 nitrogen and oxygen atoms in total. The van der Waals surface area contributed by atoms with E-state index in [0.717, 1.165) is 6.08 Å². The average Bonchev–Trinajstić information content (AvgIpc) is 2.92. The first-order chi connectivity index (χ1) is 11.6. The summed E-state index contributed by atoms with van der Waals surface area (Å²) in [5, 5.41) is 16.3. The molecule has 10 heteroatoms. The first-order valence-electron chi connectivity index (χ1n) is 7.96. The molecule has 0 bridgehead atoms. The quantitative estimate of drug-likeness (QED) is 0.428. The minimum atomic E-state index is -4.35. The molecule has 0 N–H and O–H groups in total. The van der Waals surface area contributed by atoms with Crippen LogP contribution in [0.25, 0.3) is 0 Å². The fourth-order valence-electron chi connectivity index (χ4n) is 2.48. The molecule has 1 aliphatic carbocycles. The SMILES string of the molecule is CC(C)N(C)/[N+]([O-])=N/O[C@@H]1CCN(C2=CC=C(C(F)(F)F)CC2)C1=O. The lowest BCUT2D eigenvalue weighted by Crippen LogP contribution is -2.34. The zero-order chi connectivity index (χ0) is 18.8. The Labute approximate surface area is 143 Å². The third-order valence-electron chi connectivity index (χ3n) is 4.26. The molecule has 0 aromatic carbocycles. The molecule has 0 spiro atoms. The second-order valence-electron chi connectivity index (χ2n) is 6.22. The van der Waals surface area contributed by atoms with Crippen LogP contribution in [0.15, 0.2) is 28.7 Å². The van der Waals surface area contributed by atoms with E-state index in [1.54, 1.807) is 13.8 Å². The summed E-state index contributed by atoms with van der Waals surface area (Å²) >= 11 is 0. The molecule has 0 unspecified atom stereocenters. The third-order valence-corrected chi connectivity index (χ3v) is 4.26. The zero-order valence-electron chi connectivity index (χ0n) is 14.3. The maximum atomic E-state index is 12.6. The third kappa shape index (κ3) is 4.43. The molecule has 1 fully saturated rings. The summed E-state index contributed by atoms with van der Waals surface area (Å²) in [6, 6.07) is -0.0948. The summed E-state index contributed by atoms with van der Waals surface area (Å²) in [5.74, 6) is -0.403. The minimum absolute atomic E-state index is 0.0948. The highest BCUT2D eigenvalue weighted by Gasteiger charge is 2.39. The molecule has 0 saturated carbocycles. The van der Waals surface area contributed by atoms with Gasteiger partial charge in [-0.3, -0.25) is 4.79 Å². The highest BCUT2D eigenvalue weighted by atomic mass is 19.4. The minimum Gasteiger partial charge on any atom is -0.569 e. The van der Waals surface area contributed by atoms with Crippen molar-refractivity contribution in [2.75, 3.05) is 13.6 Å². The van der Waals surface area contributed by atoms with Gasteiger partial charge in [-0.1, -0.05) is 6.08 Å². The lowest BCUT2D eigenvalue weighted by Gasteiger charge is -2.23. The van der Waals surface area contributed by atoms with Gasteiger partial charge in [-0.05, 0) is 32.8 Å². The van der Waals surface area contributed by atoms with Crippen LogP contribution in [0.4, 0.5) is 13.2 Å². The van der Waals surface area contributed by atoms with Crippen molar-refractivity contribution >= 4 is 5.91 Å². The van der Waals surface area contributed by atoms with Crippen molar-refractivity contribution in [1.29, 1.82) is 0 Å². The molecule has 1 amide bonds. The van der Waals surface area contributed by atoms with Crippen LogP contribution in [0.3, 0.4) is 0 Å². The van der Waals surface area contributed by atoms with E-state index in [-0.39, 0.29) is 23.9 Å². The van der Waals surface area contributed by atoms with Crippen molar-refractivity contribution in [2.45, 2.75) is 51.4 Å². The monoisotopic (exact) mass is 362 g/mol.